The van der Waals surface area contributed by atoms with Crippen LogP contribution in [0.5, 0.6) is 5.75 Å². The van der Waals surface area contributed by atoms with Crippen LogP contribution >= 0.6 is 11.8 Å². The molecule has 0 unspecified atom stereocenters. The zero-order valence-corrected chi connectivity index (χ0v) is 20.3. The number of nitrogens with zero attached hydrogens (tertiary/aromatic N) is 1. The molecule has 4 aromatic carbocycles. The molecule has 0 radical (unpaired) electrons. The molecule has 5 aromatic rings. The van der Waals surface area contributed by atoms with Crippen LogP contribution in [0.25, 0.3) is 10.9 Å². The Morgan fingerprint density at radius 3 is 2.20 bits per heavy atom. The Morgan fingerprint density at radius 2 is 1.49 bits per heavy atom. The standard InChI is InChI=1S/C30H26N2O2S/c1-34-24-18-16-23(17-19-24)31-29(33)20-28-30(35-25-12-6-3-7-13-25)26-14-8-9-15-27(26)32(28)21-22-10-4-2-5-11-22/h2-19H,20-21H2,1H3,(H,31,33). The van der Waals surface area contributed by atoms with Gasteiger partial charge in [-0.3, -0.25) is 4.79 Å². The average molecular weight is 479 g/mol. The van der Waals surface area contributed by atoms with E-state index in [-0.39, 0.29) is 12.3 Å². The molecule has 5 heteroatoms. The number of hydrogen-bond donors (Lipinski definition) is 1. The minimum atomic E-state index is -0.0535. The summed E-state index contributed by atoms with van der Waals surface area (Å²) in [5.74, 6) is 0.703. The van der Waals surface area contributed by atoms with Crippen LogP contribution in [0.1, 0.15) is 11.3 Å². The Hall–Kier alpha value is -3.96. The van der Waals surface area contributed by atoms with E-state index in [0.29, 0.717) is 6.54 Å². The van der Waals surface area contributed by atoms with E-state index in [1.54, 1.807) is 18.9 Å². The molecule has 0 aliphatic carbocycles. The quantitative estimate of drug-likeness (QED) is 0.260. The molecule has 35 heavy (non-hydrogen) atoms. The Balaban J connectivity index is 1.55. The van der Waals surface area contributed by atoms with Gasteiger partial charge in [0.25, 0.3) is 0 Å². The van der Waals surface area contributed by atoms with Gasteiger partial charge in [-0.25, -0.2) is 0 Å². The highest BCUT2D eigenvalue weighted by Crippen LogP contribution is 2.39. The maximum absolute atomic E-state index is 13.3. The Kier molecular flexibility index (Phi) is 6.87. The number of aromatic nitrogens is 1. The first kappa shape index (κ1) is 22.8. The first-order valence-corrected chi connectivity index (χ1v) is 12.3. The number of carbonyl (C=O) groups is 1. The van der Waals surface area contributed by atoms with Gasteiger partial charge in [-0.05, 0) is 48.0 Å². The van der Waals surface area contributed by atoms with Crippen molar-refractivity contribution in [2.24, 2.45) is 0 Å². The molecule has 0 aliphatic rings. The van der Waals surface area contributed by atoms with Crippen LogP contribution in [0.4, 0.5) is 5.69 Å². The van der Waals surface area contributed by atoms with Crippen molar-refractivity contribution in [2.45, 2.75) is 22.8 Å². The fourth-order valence-corrected chi connectivity index (χ4v) is 5.31. The van der Waals surface area contributed by atoms with Gasteiger partial charge in [0.2, 0.25) is 5.91 Å². The fraction of sp³-hybridized carbons (Fsp3) is 0.100. The van der Waals surface area contributed by atoms with Gasteiger partial charge in [-0.15, -0.1) is 0 Å². The monoisotopic (exact) mass is 478 g/mol. The van der Waals surface area contributed by atoms with Crippen LogP contribution in [0.3, 0.4) is 0 Å². The van der Waals surface area contributed by atoms with E-state index < -0.39 is 0 Å². The third kappa shape index (κ3) is 5.26. The van der Waals surface area contributed by atoms with E-state index in [1.807, 2.05) is 48.5 Å². The Bertz CT molecular complexity index is 1350. The second-order valence-corrected chi connectivity index (χ2v) is 9.32. The average Bonchev–Trinajstić information content (AvgIpc) is 3.17. The zero-order chi connectivity index (χ0) is 24.0. The molecule has 0 aliphatic heterocycles. The summed E-state index contributed by atoms with van der Waals surface area (Å²) in [6.45, 7) is 0.696. The number of ether oxygens (including phenoxy) is 1. The van der Waals surface area contributed by atoms with E-state index in [9.17, 15) is 4.79 Å². The van der Waals surface area contributed by atoms with Crippen molar-refractivity contribution < 1.29 is 9.53 Å². The summed E-state index contributed by atoms with van der Waals surface area (Å²) < 4.78 is 7.51. The minimum absolute atomic E-state index is 0.0535. The maximum Gasteiger partial charge on any atom is 0.230 e. The highest BCUT2D eigenvalue weighted by Gasteiger charge is 2.21. The van der Waals surface area contributed by atoms with Crippen LogP contribution < -0.4 is 10.1 Å². The molecule has 1 N–H and O–H groups in total. The van der Waals surface area contributed by atoms with Crippen molar-refractivity contribution in [1.29, 1.82) is 0 Å². The third-order valence-electron chi connectivity index (χ3n) is 5.88. The van der Waals surface area contributed by atoms with E-state index in [4.69, 9.17) is 4.74 Å². The first-order valence-electron chi connectivity index (χ1n) is 11.5. The third-order valence-corrected chi connectivity index (χ3v) is 7.04. The molecule has 1 heterocycles. The number of para-hydroxylation sites is 1. The van der Waals surface area contributed by atoms with Crippen molar-refractivity contribution in [3.63, 3.8) is 0 Å². The van der Waals surface area contributed by atoms with Crippen molar-refractivity contribution in [3.8, 4) is 5.75 Å². The lowest BCUT2D eigenvalue weighted by Crippen LogP contribution is -2.17. The highest BCUT2D eigenvalue weighted by molar-refractivity contribution is 7.99. The number of fused-ring (bicyclic) bond motifs is 1. The Labute approximate surface area is 209 Å². The lowest BCUT2D eigenvalue weighted by Gasteiger charge is -2.13. The summed E-state index contributed by atoms with van der Waals surface area (Å²) in [5.41, 5.74) is 4.08. The van der Waals surface area contributed by atoms with E-state index in [2.05, 4.69) is 70.5 Å². The van der Waals surface area contributed by atoms with Gasteiger partial charge in [-0.2, -0.15) is 0 Å². The predicted octanol–water partition coefficient (Wildman–Crippen LogP) is 7.03. The van der Waals surface area contributed by atoms with Crippen LogP contribution in [0, 0.1) is 0 Å². The van der Waals surface area contributed by atoms with Crippen LogP contribution in [-0.4, -0.2) is 17.6 Å². The molecule has 0 fully saturated rings. The molecule has 0 saturated carbocycles. The molecule has 5 rings (SSSR count). The number of methoxy groups -OCH3 is 1. The van der Waals surface area contributed by atoms with Gasteiger partial charge < -0.3 is 14.6 Å². The lowest BCUT2D eigenvalue weighted by molar-refractivity contribution is -0.115. The largest absolute Gasteiger partial charge is 0.497 e. The van der Waals surface area contributed by atoms with E-state index >= 15 is 0 Å². The van der Waals surface area contributed by atoms with Gasteiger partial charge in [0, 0.05) is 38.6 Å². The molecule has 4 nitrogen and oxygen atoms in total. The zero-order valence-electron chi connectivity index (χ0n) is 19.5. The maximum atomic E-state index is 13.3. The number of benzene rings is 4. The Morgan fingerprint density at radius 1 is 0.829 bits per heavy atom. The summed E-state index contributed by atoms with van der Waals surface area (Å²) in [6.07, 6.45) is 0.267. The van der Waals surface area contributed by atoms with Crippen molar-refractivity contribution >= 4 is 34.3 Å². The molecular weight excluding hydrogens is 452 g/mol. The van der Waals surface area contributed by atoms with E-state index in [0.717, 1.165) is 37.8 Å². The summed E-state index contributed by atoms with van der Waals surface area (Å²) in [7, 11) is 1.63. The molecule has 0 spiro atoms. The molecule has 0 atom stereocenters. The fourth-order valence-electron chi connectivity index (χ4n) is 4.20. The minimum Gasteiger partial charge on any atom is -0.497 e. The first-order chi connectivity index (χ1) is 17.2. The van der Waals surface area contributed by atoms with Gasteiger partial charge >= 0.3 is 0 Å². The summed E-state index contributed by atoms with van der Waals surface area (Å²) >= 11 is 1.71. The number of anilines is 1. The summed E-state index contributed by atoms with van der Waals surface area (Å²) in [4.78, 5) is 15.5. The van der Waals surface area contributed by atoms with Gasteiger partial charge in [0.15, 0.2) is 0 Å². The lowest BCUT2D eigenvalue weighted by atomic mass is 10.2. The van der Waals surface area contributed by atoms with E-state index in [1.165, 1.54) is 5.56 Å². The van der Waals surface area contributed by atoms with Gasteiger partial charge in [0.1, 0.15) is 5.75 Å². The molecule has 174 valence electrons. The van der Waals surface area contributed by atoms with Gasteiger partial charge in [0.05, 0.1) is 13.5 Å². The normalized spacial score (nSPS) is 10.9. The number of rotatable bonds is 8. The molecular formula is C30H26N2O2S. The van der Waals surface area contributed by atoms with Crippen LogP contribution in [0.15, 0.2) is 119 Å². The van der Waals surface area contributed by atoms with Crippen molar-refractivity contribution in [3.05, 3.63) is 120 Å². The number of nitrogens with one attached hydrogen (secondary N) is 1. The topological polar surface area (TPSA) is 43.3 Å². The second-order valence-electron chi connectivity index (χ2n) is 8.23. The molecule has 1 aromatic heterocycles. The smallest absolute Gasteiger partial charge is 0.230 e. The molecule has 0 saturated heterocycles. The van der Waals surface area contributed by atoms with Crippen molar-refractivity contribution in [1.82, 2.24) is 4.57 Å². The summed E-state index contributed by atoms with van der Waals surface area (Å²) in [6, 6.07) is 36.5. The van der Waals surface area contributed by atoms with Crippen LogP contribution in [0.2, 0.25) is 0 Å². The molecule has 0 bridgehead atoms. The predicted molar refractivity (Wildman–Crippen MR) is 143 cm³/mol. The number of carbonyl (C=O) groups excluding carboxylic acids is 1. The van der Waals surface area contributed by atoms with Crippen molar-refractivity contribution in [2.75, 3.05) is 12.4 Å². The molecule has 1 amide bonds. The van der Waals surface area contributed by atoms with Crippen LogP contribution in [-0.2, 0) is 17.8 Å². The summed E-state index contributed by atoms with van der Waals surface area (Å²) in [5, 5.41) is 4.21. The number of amides is 1. The number of hydrogen-bond acceptors (Lipinski definition) is 3. The van der Waals surface area contributed by atoms with Gasteiger partial charge in [-0.1, -0.05) is 78.5 Å². The SMILES string of the molecule is COc1ccc(NC(=O)Cc2c(Sc3ccccc3)c3ccccc3n2Cc2ccccc2)cc1. The second kappa shape index (κ2) is 10.5. The highest BCUT2D eigenvalue weighted by atomic mass is 32.2.